The summed E-state index contributed by atoms with van der Waals surface area (Å²) >= 11 is 1.58. The van der Waals surface area contributed by atoms with Crippen molar-refractivity contribution in [1.29, 1.82) is 0 Å². The molecule has 0 fully saturated rings. The molecule has 7 heteroatoms. The number of benzene rings is 4. The highest BCUT2D eigenvalue weighted by atomic mass is 32.2. The maximum atomic E-state index is 13.7. The smallest absolute Gasteiger partial charge is 0.326 e. The molecule has 41 heavy (non-hydrogen) atoms. The summed E-state index contributed by atoms with van der Waals surface area (Å²) in [6.07, 6.45) is 5.46. The number of para-hydroxylation sites is 3. The van der Waals surface area contributed by atoms with Gasteiger partial charge < -0.3 is 15.2 Å². The van der Waals surface area contributed by atoms with Gasteiger partial charge in [-0.05, 0) is 66.6 Å². The van der Waals surface area contributed by atoms with E-state index in [-0.39, 0.29) is 12.5 Å². The number of nitrogens with zero attached hydrogens (tertiary/aromatic N) is 1. The molecule has 4 aromatic carbocycles. The Bertz CT molecular complexity index is 1410. The molecule has 0 unspecified atom stereocenters. The molecule has 6 nitrogen and oxygen atoms in total. The lowest BCUT2D eigenvalue weighted by atomic mass is 10.1. The predicted molar refractivity (Wildman–Crippen MR) is 166 cm³/mol. The van der Waals surface area contributed by atoms with Crippen molar-refractivity contribution in [3.8, 4) is 11.5 Å². The number of hydrogen-bond donors (Lipinski definition) is 2. The van der Waals surface area contributed by atoms with Gasteiger partial charge in [-0.3, -0.25) is 9.69 Å². The zero-order valence-corrected chi connectivity index (χ0v) is 24.1. The summed E-state index contributed by atoms with van der Waals surface area (Å²) in [5, 5.41) is 12.1. The maximum Gasteiger partial charge on any atom is 0.326 e. The summed E-state index contributed by atoms with van der Waals surface area (Å²) < 4.78 is 6.07. The minimum Gasteiger partial charge on any atom is -0.481 e. The minimum absolute atomic E-state index is 0.00226. The van der Waals surface area contributed by atoms with E-state index in [0.717, 1.165) is 40.3 Å². The lowest BCUT2D eigenvalue weighted by Crippen LogP contribution is -2.36. The van der Waals surface area contributed by atoms with Crippen LogP contribution in [0.1, 0.15) is 44.6 Å². The number of carboxylic acid groups (broad SMARTS) is 1. The lowest BCUT2D eigenvalue weighted by Gasteiger charge is -2.24. The topological polar surface area (TPSA) is 78.9 Å². The van der Waals surface area contributed by atoms with Gasteiger partial charge in [-0.2, -0.15) is 0 Å². The normalized spacial score (nSPS) is 10.7. The fourth-order valence-electron chi connectivity index (χ4n) is 4.38. The molecule has 4 rings (SSSR count). The minimum atomic E-state index is -0.847. The number of ether oxygens (including phenoxy) is 1. The van der Waals surface area contributed by atoms with Crippen molar-refractivity contribution < 1.29 is 19.4 Å². The molecule has 0 atom stereocenters. The van der Waals surface area contributed by atoms with E-state index in [9.17, 15) is 9.59 Å². The van der Waals surface area contributed by atoms with E-state index in [1.54, 1.807) is 16.7 Å². The molecule has 0 spiro atoms. The fourth-order valence-corrected chi connectivity index (χ4v) is 5.25. The van der Waals surface area contributed by atoms with Gasteiger partial charge in [-0.25, -0.2) is 4.79 Å². The third-order valence-corrected chi connectivity index (χ3v) is 7.47. The number of carbonyl (C=O) groups excluding carboxylic acids is 1. The molecule has 4 aromatic rings. The molecule has 0 saturated heterocycles. The van der Waals surface area contributed by atoms with Crippen LogP contribution in [0.25, 0.3) is 0 Å². The van der Waals surface area contributed by atoms with Gasteiger partial charge in [0.15, 0.2) is 5.75 Å². The Morgan fingerprint density at radius 3 is 2.29 bits per heavy atom. The monoisotopic (exact) mass is 568 g/mol. The van der Waals surface area contributed by atoms with Crippen molar-refractivity contribution in [3.05, 3.63) is 109 Å². The second kappa shape index (κ2) is 15.5. The van der Waals surface area contributed by atoms with Gasteiger partial charge >= 0.3 is 12.0 Å². The Morgan fingerprint density at radius 2 is 1.54 bits per heavy atom. The molecule has 0 aromatic heterocycles. The van der Waals surface area contributed by atoms with Crippen molar-refractivity contribution in [2.24, 2.45) is 0 Å². The summed E-state index contributed by atoms with van der Waals surface area (Å²) in [7, 11) is 0. The number of unbranched alkanes of at least 4 members (excludes halogenated alkanes) is 4. The number of rotatable bonds is 14. The van der Waals surface area contributed by atoms with Crippen LogP contribution in [0.15, 0.2) is 113 Å². The summed E-state index contributed by atoms with van der Waals surface area (Å²) in [6, 6.07) is 32.2. The Kier molecular flexibility index (Phi) is 11.3. The number of carboxylic acids is 1. The number of nitrogens with one attached hydrogen (secondary N) is 1. The first-order valence-corrected chi connectivity index (χ1v) is 14.8. The first-order chi connectivity index (χ1) is 20.0. The number of aliphatic carboxylic acids is 1. The van der Waals surface area contributed by atoms with Crippen LogP contribution in [0.2, 0.25) is 0 Å². The van der Waals surface area contributed by atoms with E-state index in [1.165, 1.54) is 12.8 Å². The highest BCUT2D eigenvalue weighted by Crippen LogP contribution is 2.33. The van der Waals surface area contributed by atoms with Gasteiger partial charge in [0.1, 0.15) is 5.75 Å². The second-order valence-electron chi connectivity index (χ2n) is 9.72. The second-order valence-corrected chi connectivity index (χ2v) is 10.9. The molecule has 2 N–H and O–H groups in total. The third-order valence-electron chi connectivity index (χ3n) is 6.47. The predicted octanol–water partition coefficient (Wildman–Crippen LogP) is 9.27. The molecule has 0 aliphatic rings. The highest BCUT2D eigenvalue weighted by Gasteiger charge is 2.18. The van der Waals surface area contributed by atoms with Gasteiger partial charge in [0.2, 0.25) is 0 Å². The summed E-state index contributed by atoms with van der Waals surface area (Å²) in [5.74, 6) is 0.425. The fraction of sp³-hybridized carbons (Fsp3) is 0.235. The highest BCUT2D eigenvalue weighted by molar-refractivity contribution is 7.99. The van der Waals surface area contributed by atoms with Gasteiger partial charge in [0.25, 0.3) is 0 Å². The number of urea groups is 1. The van der Waals surface area contributed by atoms with Crippen LogP contribution in [0.5, 0.6) is 11.5 Å². The van der Waals surface area contributed by atoms with Crippen LogP contribution in [0, 0.1) is 0 Å². The maximum absolute atomic E-state index is 13.7. The van der Waals surface area contributed by atoms with Crippen molar-refractivity contribution in [2.45, 2.75) is 55.2 Å². The van der Waals surface area contributed by atoms with Crippen molar-refractivity contribution in [1.82, 2.24) is 0 Å². The molecule has 0 aliphatic carbocycles. The van der Waals surface area contributed by atoms with Crippen LogP contribution in [0.3, 0.4) is 0 Å². The Morgan fingerprint density at radius 1 is 0.805 bits per heavy atom. The van der Waals surface area contributed by atoms with Crippen LogP contribution in [0.4, 0.5) is 16.2 Å². The Balaban J connectivity index is 1.52. The SMILES string of the molecule is CCCCCCCN(C(=O)Nc1ccccc1Oc1ccccc1)c1cccc(Sc2ccc(CC(=O)O)cc2)c1. The van der Waals surface area contributed by atoms with Gasteiger partial charge in [0, 0.05) is 22.0 Å². The van der Waals surface area contributed by atoms with E-state index < -0.39 is 5.97 Å². The Labute approximate surface area is 246 Å². The zero-order valence-electron chi connectivity index (χ0n) is 23.3. The standard InChI is InChI=1S/C34H36N2O4S/c1-2-3-4-5-11-23-36(34(39)35-31-17-9-10-18-32(31)40-28-14-7-6-8-15-28)27-13-12-16-30(25-27)41-29-21-19-26(20-22-29)24-33(37)38/h6-10,12-22,25H,2-5,11,23-24H2,1H3,(H,35,39)(H,37,38). The molecule has 0 radical (unpaired) electrons. The van der Waals surface area contributed by atoms with E-state index in [0.29, 0.717) is 23.7 Å². The molecule has 212 valence electrons. The molecule has 0 heterocycles. The third kappa shape index (κ3) is 9.43. The molecular weight excluding hydrogens is 532 g/mol. The van der Waals surface area contributed by atoms with Crippen LogP contribution >= 0.6 is 11.8 Å². The van der Waals surface area contributed by atoms with Gasteiger partial charge in [-0.1, -0.05) is 92.9 Å². The summed E-state index contributed by atoms with van der Waals surface area (Å²) in [4.78, 5) is 28.5. The van der Waals surface area contributed by atoms with Crippen molar-refractivity contribution in [2.75, 3.05) is 16.8 Å². The van der Waals surface area contributed by atoms with Gasteiger partial charge in [-0.15, -0.1) is 0 Å². The van der Waals surface area contributed by atoms with Crippen LogP contribution in [-0.4, -0.2) is 23.7 Å². The van der Waals surface area contributed by atoms with E-state index in [2.05, 4.69) is 12.2 Å². The molecule has 0 bridgehead atoms. The molecule has 0 aliphatic heterocycles. The lowest BCUT2D eigenvalue weighted by molar-refractivity contribution is -0.136. The van der Waals surface area contributed by atoms with E-state index >= 15 is 0 Å². The van der Waals surface area contributed by atoms with Gasteiger partial charge in [0.05, 0.1) is 12.1 Å². The average molecular weight is 569 g/mol. The molecule has 2 amide bonds. The summed E-state index contributed by atoms with van der Waals surface area (Å²) in [6.45, 7) is 2.78. The largest absolute Gasteiger partial charge is 0.481 e. The number of carbonyl (C=O) groups is 2. The molecular formula is C34H36N2O4S. The Hall–Kier alpha value is -4.23. The first kappa shape index (κ1) is 29.7. The first-order valence-electron chi connectivity index (χ1n) is 14.0. The van der Waals surface area contributed by atoms with E-state index in [1.807, 2.05) is 103 Å². The van der Waals surface area contributed by atoms with Crippen molar-refractivity contribution >= 4 is 35.1 Å². The molecule has 0 saturated carbocycles. The number of hydrogen-bond acceptors (Lipinski definition) is 4. The average Bonchev–Trinajstić information content (AvgIpc) is 2.97. The number of anilines is 2. The van der Waals surface area contributed by atoms with Crippen LogP contribution in [-0.2, 0) is 11.2 Å². The van der Waals surface area contributed by atoms with Crippen LogP contribution < -0.4 is 15.0 Å². The van der Waals surface area contributed by atoms with E-state index in [4.69, 9.17) is 9.84 Å². The van der Waals surface area contributed by atoms with Crippen molar-refractivity contribution in [3.63, 3.8) is 0 Å². The quantitative estimate of drug-likeness (QED) is 0.148. The zero-order chi connectivity index (χ0) is 28.9. The number of amides is 2. The summed E-state index contributed by atoms with van der Waals surface area (Å²) in [5.41, 5.74) is 2.18.